The summed E-state index contributed by atoms with van der Waals surface area (Å²) in [4.78, 5) is 0. The number of hydrogen-bond donors (Lipinski definition) is 1. The van der Waals surface area contributed by atoms with Crippen molar-refractivity contribution in [3.63, 3.8) is 0 Å². The highest BCUT2D eigenvalue weighted by Crippen LogP contribution is 2.26. The van der Waals surface area contributed by atoms with Crippen LogP contribution in [-0.2, 0) is 0 Å². The van der Waals surface area contributed by atoms with Gasteiger partial charge in [0.25, 0.3) is 0 Å². The highest BCUT2D eigenvalue weighted by atomic mass is 16.3. The van der Waals surface area contributed by atoms with Gasteiger partial charge in [-0.2, -0.15) is 0 Å². The molecule has 1 N–H and O–H groups in total. The summed E-state index contributed by atoms with van der Waals surface area (Å²) in [5, 5.41) is 9.55. The van der Waals surface area contributed by atoms with E-state index in [-0.39, 0.29) is 0 Å². The Morgan fingerprint density at radius 3 is 1.64 bits per heavy atom. The molecular weight excluding hydrogens is 136 g/mol. The SMILES string of the molecule is Cc1[c]c(C)c(C)c(O)c1C. The van der Waals surface area contributed by atoms with E-state index >= 15 is 0 Å². The van der Waals surface area contributed by atoms with Crippen molar-refractivity contribution < 1.29 is 5.11 Å². The van der Waals surface area contributed by atoms with Crippen LogP contribution in [-0.4, -0.2) is 5.11 Å². The van der Waals surface area contributed by atoms with Gasteiger partial charge in [0.05, 0.1) is 0 Å². The normalized spacial score (nSPS) is 10.2. The zero-order valence-electron chi connectivity index (χ0n) is 7.45. The topological polar surface area (TPSA) is 20.2 Å². The van der Waals surface area contributed by atoms with Gasteiger partial charge in [-0.25, -0.2) is 0 Å². The van der Waals surface area contributed by atoms with E-state index in [1.54, 1.807) is 0 Å². The Bertz CT molecular complexity index is 261. The van der Waals surface area contributed by atoms with Crippen LogP contribution in [0.15, 0.2) is 0 Å². The Hall–Kier alpha value is -0.980. The molecule has 0 aliphatic carbocycles. The maximum Gasteiger partial charge on any atom is 0.121 e. The second kappa shape index (κ2) is 2.57. The molecule has 11 heavy (non-hydrogen) atoms. The number of aryl methyl sites for hydroxylation is 2. The Kier molecular flexibility index (Phi) is 1.90. The highest BCUT2D eigenvalue weighted by molar-refractivity contribution is 5.46. The maximum absolute atomic E-state index is 9.55. The molecule has 1 heteroatoms. The third kappa shape index (κ3) is 1.23. The third-order valence-corrected chi connectivity index (χ3v) is 2.21. The summed E-state index contributed by atoms with van der Waals surface area (Å²) >= 11 is 0. The molecule has 0 heterocycles. The Morgan fingerprint density at radius 1 is 0.909 bits per heavy atom. The van der Waals surface area contributed by atoms with Gasteiger partial charge in [0.15, 0.2) is 0 Å². The summed E-state index contributed by atoms with van der Waals surface area (Å²) in [5.74, 6) is 0.416. The summed E-state index contributed by atoms with van der Waals surface area (Å²) in [6, 6.07) is 3.19. The van der Waals surface area contributed by atoms with Crippen molar-refractivity contribution in [3.8, 4) is 5.75 Å². The molecule has 0 unspecified atom stereocenters. The number of rotatable bonds is 0. The number of aromatic hydroxyl groups is 1. The predicted molar refractivity (Wildman–Crippen MR) is 45.9 cm³/mol. The van der Waals surface area contributed by atoms with Crippen LogP contribution in [0.1, 0.15) is 22.3 Å². The van der Waals surface area contributed by atoms with Crippen LogP contribution in [0.2, 0.25) is 0 Å². The number of hydrogen-bond acceptors (Lipinski definition) is 1. The average Bonchev–Trinajstić information content (AvgIpc) is 1.97. The van der Waals surface area contributed by atoms with Gasteiger partial charge in [0.1, 0.15) is 5.75 Å². The lowest BCUT2D eigenvalue weighted by Crippen LogP contribution is -1.89. The molecule has 0 saturated heterocycles. The fraction of sp³-hybridized carbons (Fsp3) is 0.400. The summed E-state index contributed by atoms with van der Waals surface area (Å²) in [5.41, 5.74) is 3.94. The fourth-order valence-electron chi connectivity index (χ4n) is 1.11. The molecule has 1 aromatic carbocycles. The summed E-state index contributed by atoms with van der Waals surface area (Å²) < 4.78 is 0. The molecule has 0 saturated carbocycles. The van der Waals surface area contributed by atoms with Gasteiger partial charge in [0.2, 0.25) is 0 Å². The first kappa shape index (κ1) is 8.12. The highest BCUT2D eigenvalue weighted by Gasteiger charge is 2.05. The quantitative estimate of drug-likeness (QED) is 0.600. The lowest BCUT2D eigenvalue weighted by atomic mass is 10.0. The smallest absolute Gasteiger partial charge is 0.121 e. The van der Waals surface area contributed by atoms with E-state index in [2.05, 4.69) is 6.07 Å². The van der Waals surface area contributed by atoms with Gasteiger partial charge in [0, 0.05) is 0 Å². The van der Waals surface area contributed by atoms with Crippen molar-refractivity contribution in [2.24, 2.45) is 0 Å². The minimum atomic E-state index is 0.416. The monoisotopic (exact) mass is 149 g/mol. The van der Waals surface area contributed by atoms with Crippen molar-refractivity contribution in [3.05, 3.63) is 28.3 Å². The van der Waals surface area contributed by atoms with Crippen molar-refractivity contribution in [1.29, 1.82) is 0 Å². The van der Waals surface area contributed by atoms with Crippen LogP contribution in [0.3, 0.4) is 0 Å². The third-order valence-electron chi connectivity index (χ3n) is 2.21. The van der Waals surface area contributed by atoms with E-state index in [1.807, 2.05) is 27.7 Å². The first-order valence-electron chi connectivity index (χ1n) is 3.72. The van der Waals surface area contributed by atoms with Crippen molar-refractivity contribution in [2.75, 3.05) is 0 Å². The molecule has 0 atom stereocenters. The summed E-state index contributed by atoms with van der Waals surface area (Å²) in [6.45, 7) is 7.74. The fourth-order valence-corrected chi connectivity index (χ4v) is 1.11. The van der Waals surface area contributed by atoms with Crippen LogP contribution in [0.4, 0.5) is 0 Å². The molecule has 0 aliphatic heterocycles. The molecule has 0 fully saturated rings. The van der Waals surface area contributed by atoms with E-state index in [9.17, 15) is 5.11 Å². The van der Waals surface area contributed by atoms with E-state index in [4.69, 9.17) is 0 Å². The second-order valence-electron chi connectivity index (χ2n) is 2.97. The first-order valence-corrected chi connectivity index (χ1v) is 3.72. The Labute approximate surface area is 67.7 Å². The molecule has 1 nitrogen and oxygen atoms in total. The zero-order chi connectivity index (χ0) is 8.59. The zero-order valence-corrected chi connectivity index (χ0v) is 7.45. The molecule has 1 aromatic rings. The second-order valence-corrected chi connectivity index (χ2v) is 2.97. The molecule has 0 spiro atoms. The molecule has 0 amide bonds. The van der Waals surface area contributed by atoms with Crippen LogP contribution >= 0.6 is 0 Å². The number of phenolic OH excluding ortho intramolecular Hbond substituents is 1. The van der Waals surface area contributed by atoms with Crippen molar-refractivity contribution in [2.45, 2.75) is 27.7 Å². The molecular formula is C10H13O. The first-order chi connectivity index (χ1) is 5.04. The van der Waals surface area contributed by atoms with E-state index < -0.39 is 0 Å². The number of benzene rings is 1. The average molecular weight is 149 g/mol. The van der Waals surface area contributed by atoms with Crippen molar-refractivity contribution in [1.82, 2.24) is 0 Å². The summed E-state index contributed by atoms with van der Waals surface area (Å²) in [6.07, 6.45) is 0. The van der Waals surface area contributed by atoms with Gasteiger partial charge in [-0.15, -0.1) is 0 Å². The largest absolute Gasteiger partial charge is 0.507 e. The molecule has 0 aliphatic rings. The lowest BCUT2D eigenvalue weighted by Gasteiger charge is -2.08. The van der Waals surface area contributed by atoms with Crippen LogP contribution in [0.25, 0.3) is 0 Å². The standard InChI is InChI=1S/C10H13O/c1-6-5-7(2)9(4)10(11)8(6)3/h11H,1-4H3. The van der Waals surface area contributed by atoms with Crippen LogP contribution < -0.4 is 0 Å². The van der Waals surface area contributed by atoms with Gasteiger partial charge in [-0.3, -0.25) is 0 Å². The van der Waals surface area contributed by atoms with Gasteiger partial charge < -0.3 is 5.11 Å². The molecule has 0 aromatic heterocycles. The van der Waals surface area contributed by atoms with E-state index in [0.29, 0.717) is 5.75 Å². The van der Waals surface area contributed by atoms with Gasteiger partial charge >= 0.3 is 0 Å². The molecule has 1 radical (unpaired) electrons. The van der Waals surface area contributed by atoms with Crippen LogP contribution in [0.5, 0.6) is 5.75 Å². The maximum atomic E-state index is 9.55. The summed E-state index contributed by atoms with van der Waals surface area (Å²) in [7, 11) is 0. The minimum absolute atomic E-state index is 0.416. The Balaban J connectivity index is 3.46. The van der Waals surface area contributed by atoms with Gasteiger partial charge in [-0.1, -0.05) is 0 Å². The predicted octanol–water partition coefficient (Wildman–Crippen LogP) is 2.43. The molecule has 59 valence electrons. The molecule has 0 bridgehead atoms. The van der Waals surface area contributed by atoms with Crippen molar-refractivity contribution >= 4 is 0 Å². The van der Waals surface area contributed by atoms with E-state index in [0.717, 1.165) is 22.3 Å². The van der Waals surface area contributed by atoms with E-state index in [1.165, 1.54) is 0 Å². The Morgan fingerprint density at radius 2 is 1.27 bits per heavy atom. The lowest BCUT2D eigenvalue weighted by molar-refractivity contribution is 0.465. The van der Waals surface area contributed by atoms with Gasteiger partial charge in [-0.05, 0) is 56.0 Å². The minimum Gasteiger partial charge on any atom is -0.507 e. The number of phenols is 1. The van der Waals surface area contributed by atoms with Crippen LogP contribution in [0, 0.1) is 33.8 Å². The molecule has 1 rings (SSSR count).